The maximum atomic E-state index is 11.5. The van der Waals surface area contributed by atoms with Gasteiger partial charge >= 0.3 is 5.97 Å². The van der Waals surface area contributed by atoms with Gasteiger partial charge in [-0.2, -0.15) is 0 Å². The highest BCUT2D eigenvalue weighted by atomic mass is 16.5. The van der Waals surface area contributed by atoms with Gasteiger partial charge < -0.3 is 14.3 Å². The third kappa shape index (κ3) is 5.14. The molecule has 1 heterocycles. The van der Waals surface area contributed by atoms with Crippen LogP contribution in [0.2, 0.25) is 0 Å². The van der Waals surface area contributed by atoms with Gasteiger partial charge in [0.1, 0.15) is 24.1 Å². The fourth-order valence-corrected chi connectivity index (χ4v) is 1.41. The molecule has 18 heavy (non-hydrogen) atoms. The zero-order chi connectivity index (χ0) is 13.4. The fraction of sp³-hybridized carbons (Fsp3) is 0.538. The van der Waals surface area contributed by atoms with Gasteiger partial charge in [0, 0.05) is 6.42 Å². The minimum atomic E-state index is -1.00. The smallest absolute Gasteiger partial charge is 0.313 e. The first-order chi connectivity index (χ1) is 8.63. The molecule has 1 N–H and O–H groups in total. The SMILES string of the molecule is CCCCOC(=O)CC(=O)C[C@H](O)c1ccco1. The second-order valence-electron chi connectivity index (χ2n) is 4.02. The van der Waals surface area contributed by atoms with Crippen LogP contribution in [0.3, 0.4) is 0 Å². The summed E-state index contributed by atoms with van der Waals surface area (Å²) < 4.78 is 9.82. The Kier molecular flexibility index (Phi) is 6.14. The number of ether oxygens (including phenoxy) is 1. The molecular weight excluding hydrogens is 236 g/mol. The lowest BCUT2D eigenvalue weighted by Gasteiger charge is -2.07. The summed E-state index contributed by atoms with van der Waals surface area (Å²) in [4.78, 5) is 22.7. The van der Waals surface area contributed by atoms with Crippen LogP contribution in [-0.2, 0) is 14.3 Å². The predicted molar refractivity (Wildman–Crippen MR) is 63.8 cm³/mol. The minimum Gasteiger partial charge on any atom is -0.467 e. The quantitative estimate of drug-likeness (QED) is 0.436. The number of hydrogen-bond donors (Lipinski definition) is 1. The number of ketones is 1. The molecule has 1 rings (SSSR count). The van der Waals surface area contributed by atoms with E-state index in [0.717, 1.165) is 12.8 Å². The zero-order valence-corrected chi connectivity index (χ0v) is 10.4. The van der Waals surface area contributed by atoms with Crippen molar-refractivity contribution < 1.29 is 23.8 Å². The zero-order valence-electron chi connectivity index (χ0n) is 10.4. The van der Waals surface area contributed by atoms with Gasteiger partial charge in [-0.25, -0.2) is 0 Å². The molecule has 1 aromatic rings. The number of carbonyl (C=O) groups excluding carboxylic acids is 2. The molecule has 0 amide bonds. The summed E-state index contributed by atoms with van der Waals surface area (Å²) >= 11 is 0. The number of rotatable bonds is 8. The molecule has 0 saturated carbocycles. The van der Waals surface area contributed by atoms with Crippen molar-refractivity contribution in [3.63, 3.8) is 0 Å². The van der Waals surface area contributed by atoms with Crippen LogP contribution in [0.4, 0.5) is 0 Å². The highest BCUT2D eigenvalue weighted by molar-refractivity contribution is 5.95. The van der Waals surface area contributed by atoms with E-state index in [4.69, 9.17) is 9.15 Å². The molecule has 0 aliphatic carbocycles. The Labute approximate surface area is 106 Å². The van der Waals surface area contributed by atoms with Crippen molar-refractivity contribution in [2.45, 2.75) is 38.7 Å². The van der Waals surface area contributed by atoms with Crippen molar-refractivity contribution in [3.05, 3.63) is 24.2 Å². The summed E-state index contributed by atoms with van der Waals surface area (Å²) in [5.74, 6) is -0.580. The molecule has 0 radical (unpaired) electrons. The summed E-state index contributed by atoms with van der Waals surface area (Å²) in [6, 6.07) is 3.21. The molecule has 1 atom stereocenters. The van der Waals surface area contributed by atoms with Gasteiger partial charge in [-0.05, 0) is 18.6 Å². The predicted octanol–water partition coefficient (Wildman–Crippen LogP) is 2.01. The highest BCUT2D eigenvalue weighted by Gasteiger charge is 2.18. The van der Waals surface area contributed by atoms with Gasteiger partial charge in [0.25, 0.3) is 0 Å². The van der Waals surface area contributed by atoms with Crippen molar-refractivity contribution in [1.29, 1.82) is 0 Å². The topological polar surface area (TPSA) is 76.7 Å². The largest absolute Gasteiger partial charge is 0.467 e. The number of aliphatic hydroxyl groups is 1. The van der Waals surface area contributed by atoms with E-state index < -0.39 is 12.1 Å². The first-order valence-electron chi connectivity index (χ1n) is 6.02. The van der Waals surface area contributed by atoms with Crippen LogP contribution in [0, 0.1) is 0 Å². The molecule has 5 heteroatoms. The van der Waals surface area contributed by atoms with E-state index in [-0.39, 0.29) is 18.6 Å². The number of hydrogen-bond acceptors (Lipinski definition) is 5. The van der Waals surface area contributed by atoms with Gasteiger partial charge in [-0.3, -0.25) is 9.59 Å². The molecule has 100 valence electrons. The van der Waals surface area contributed by atoms with Gasteiger partial charge in [-0.1, -0.05) is 13.3 Å². The van der Waals surface area contributed by atoms with Gasteiger partial charge in [0.15, 0.2) is 0 Å². The Morgan fingerprint density at radius 2 is 2.28 bits per heavy atom. The van der Waals surface area contributed by atoms with E-state index in [9.17, 15) is 14.7 Å². The maximum Gasteiger partial charge on any atom is 0.313 e. The summed E-state index contributed by atoms with van der Waals surface area (Å²) in [6.07, 6.45) is 1.68. The summed E-state index contributed by atoms with van der Waals surface area (Å²) in [7, 11) is 0. The minimum absolute atomic E-state index is 0.142. The number of Topliss-reactive ketones (excluding diaryl/α,β-unsaturated/α-hetero) is 1. The Balaban J connectivity index is 2.26. The number of unbranched alkanes of at least 4 members (excludes halogenated alkanes) is 1. The van der Waals surface area contributed by atoms with Crippen LogP contribution in [-0.4, -0.2) is 23.5 Å². The normalized spacial score (nSPS) is 12.1. The number of furan rings is 1. The van der Waals surface area contributed by atoms with Crippen LogP contribution < -0.4 is 0 Å². The number of aliphatic hydroxyl groups excluding tert-OH is 1. The third-order valence-electron chi connectivity index (χ3n) is 2.40. The summed E-state index contributed by atoms with van der Waals surface area (Å²) in [6.45, 7) is 2.32. The molecule has 0 aromatic carbocycles. The molecular formula is C13H18O5. The Morgan fingerprint density at radius 3 is 2.89 bits per heavy atom. The van der Waals surface area contributed by atoms with Crippen molar-refractivity contribution in [2.24, 2.45) is 0 Å². The number of carbonyl (C=O) groups is 2. The molecule has 0 aliphatic heterocycles. The Morgan fingerprint density at radius 1 is 1.50 bits per heavy atom. The lowest BCUT2D eigenvalue weighted by molar-refractivity contribution is -0.146. The molecule has 0 spiro atoms. The van der Waals surface area contributed by atoms with Crippen LogP contribution in [0.1, 0.15) is 44.5 Å². The standard InChI is InChI=1S/C13H18O5/c1-2-3-6-18-13(16)9-10(14)8-11(15)12-5-4-7-17-12/h4-5,7,11,15H,2-3,6,8-9H2,1H3/t11-/m0/s1. The summed E-state index contributed by atoms with van der Waals surface area (Å²) in [5.41, 5.74) is 0. The van der Waals surface area contributed by atoms with Crippen LogP contribution >= 0.6 is 0 Å². The van der Waals surface area contributed by atoms with E-state index >= 15 is 0 Å². The van der Waals surface area contributed by atoms with E-state index in [1.165, 1.54) is 6.26 Å². The first-order valence-corrected chi connectivity index (χ1v) is 6.02. The van der Waals surface area contributed by atoms with Crippen molar-refractivity contribution in [3.8, 4) is 0 Å². The van der Waals surface area contributed by atoms with Crippen LogP contribution in [0.15, 0.2) is 22.8 Å². The summed E-state index contributed by atoms with van der Waals surface area (Å²) in [5, 5.41) is 9.64. The molecule has 5 nitrogen and oxygen atoms in total. The van der Waals surface area contributed by atoms with E-state index in [1.54, 1.807) is 12.1 Å². The molecule has 1 aromatic heterocycles. The van der Waals surface area contributed by atoms with Crippen molar-refractivity contribution >= 4 is 11.8 Å². The molecule has 0 saturated heterocycles. The fourth-order valence-electron chi connectivity index (χ4n) is 1.41. The van der Waals surface area contributed by atoms with Gasteiger partial charge in [-0.15, -0.1) is 0 Å². The van der Waals surface area contributed by atoms with Crippen LogP contribution in [0.5, 0.6) is 0 Å². The second kappa shape index (κ2) is 7.66. The van der Waals surface area contributed by atoms with E-state index in [1.807, 2.05) is 6.92 Å². The maximum absolute atomic E-state index is 11.5. The highest BCUT2D eigenvalue weighted by Crippen LogP contribution is 2.17. The average molecular weight is 254 g/mol. The average Bonchev–Trinajstić information content (AvgIpc) is 2.82. The third-order valence-corrected chi connectivity index (χ3v) is 2.40. The number of esters is 1. The first kappa shape index (κ1) is 14.4. The molecule has 0 bridgehead atoms. The van der Waals surface area contributed by atoms with Gasteiger partial charge in [0.05, 0.1) is 12.9 Å². The monoisotopic (exact) mass is 254 g/mol. The molecule has 0 fully saturated rings. The van der Waals surface area contributed by atoms with Gasteiger partial charge in [0.2, 0.25) is 0 Å². The Hall–Kier alpha value is -1.62. The lowest BCUT2D eigenvalue weighted by atomic mass is 10.1. The van der Waals surface area contributed by atoms with Crippen molar-refractivity contribution in [1.82, 2.24) is 0 Å². The van der Waals surface area contributed by atoms with Crippen LogP contribution in [0.25, 0.3) is 0 Å². The van der Waals surface area contributed by atoms with E-state index in [0.29, 0.717) is 12.4 Å². The van der Waals surface area contributed by atoms with Crippen molar-refractivity contribution in [2.75, 3.05) is 6.61 Å². The Bertz CT molecular complexity index is 369. The molecule has 0 aliphatic rings. The van der Waals surface area contributed by atoms with E-state index in [2.05, 4.69) is 0 Å². The lowest BCUT2D eigenvalue weighted by Crippen LogP contribution is -2.14. The molecule has 0 unspecified atom stereocenters. The second-order valence-corrected chi connectivity index (χ2v) is 4.02.